The lowest BCUT2D eigenvalue weighted by Gasteiger charge is -2.18. The number of ether oxygens (including phenoxy) is 1. The molecule has 0 N–H and O–H groups in total. The lowest BCUT2D eigenvalue weighted by atomic mass is 10.1. The van der Waals surface area contributed by atoms with E-state index in [9.17, 15) is 19.2 Å². The molecule has 8 nitrogen and oxygen atoms in total. The maximum Gasteiger partial charge on any atom is 0.268 e. The molecule has 1 atom stereocenters. The lowest BCUT2D eigenvalue weighted by molar-refractivity contribution is -0.129. The van der Waals surface area contributed by atoms with Crippen LogP contribution < -0.4 is 9.64 Å². The van der Waals surface area contributed by atoms with Crippen LogP contribution in [0.25, 0.3) is 0 Å². The van der Waals surface area contributed by atoms with Gasteiger partial charge in [-0.3, -0.25) is 19.2 Å². The molecule has 2 aromatic rings. The predicted molar refractivity (Wildman–Crippen MR) is 122 cm³/mol. The summed E-state index contributed by atoms with van der Waals surface area (Å²) in [7, 11) is 3.31. The molecule has 1 unspecified atom stereocenters. The second kappa shape index (κ2) is 9.05. The Labute approximate surface area is 192 Å². The first-order chi connectivity index (χ1) is 15.8. The third-order valence-corrected chi connectivity index (χ3v) is 6.04. The summed E-state index contributed by atoms with van der Waals surface area (Å²) in [4.78, 5) is 54.2. The summed E-state index contributed by atoms with van der Waals surface area (Å²) in [5.74, 6) is 0.0730. The summed E-state index contributed by atoms with van der Waals surface area (Å²) >= 11 is 0. The van der Waals surface area contributed by atoms with Gasteiger partial charge in [-0.25, -0.2) is 0 Å². The van der Waals surface area contributed by atoms with Gasteiger partial charge in [0.05, 0.1) is 0 Å². The molecule has 2 heterocycles. The van der Waals surface area contributed by atoms with Gasteiger partial charge in [0.25, 0.3) is 11.8 Å². The fourth-order valence-electron chi connectivity index (χ4n) is 4.06. The average molecular weight is 450 g/mol. The fraction of sp³-hybridized carbons (Fsp3) is 0.360. The van der Waals surface area contributed by atoms with Crippen molar-refractivity contribution < 1.29 is 23.9 Å². The molecule has 0 aliphatic carbocycles. The number of nitrogens with zero attached hydrogens (tertiary/aromatic N) is 3. The number of fused-ring (bicyclic) bond motifs is 1. The van der Waals surface area contributed by atoms with Crippen molar-refractivity contribution in [2.24, 2.45) is 0 Å². The van der Waals surface area contributed by atoms with Gasteiger partial charge >= 0.3 is 0 Å². The zero-order valence-corrected chi connectivity index (χ0v) is 19.0. The van der Waals surface area contributed by atoms with E-state index in [1.807, 2.05) is 19.1 Å². The smallest absolute Gasteiger partial charge is 0.268 e. The number of rotatable bonds is 7. The molecule has 1 saturated heterocycles. The van der Waals surface area contributed by atoms with Crippen LogP contribution >= 0.6 is 0 Å². The Bertz CT molecular complexity index is 1110. The number of carbonyl (C=O) groups is 4. The van der Waals surface area contributed by atoms with Gasteiger partial charge in [-0.2, -0.15) is 0 Å². The first-order valence-electron chi connectivity index (χ1n) is 11.0. The SMILES string of the molecule is CCC(=O)c1ccc(OC2CCN(c3ccc4c(c3)C(=O)N(CC(=O)N(C)C)C4)C2=O)cc1. The predicted octanol–water partition coefficient (Wildman–Crippen LogP) is 2.51. The van der Waals surface area contributed by atoms with Crippen molar-refractivity contribution in [3.63, 3.8) is 0 Å². The summed E-state index contributed by atoms with van der Waals surface area (Å²) in [5.41, 5.74) is 2.63. The van der Waals surface area contributed by atoms with Crippen LogP contribution in [0.4, 0.5) is 5.69 Å². The molecule has 0 bridgehead atoms. The number of hydrogen-bond acceptors (Lipinski definition) is 5. The van der Waals surface area contributed by atoms with Crippen LogP contribution in [0.1, 0.15) is 46.0 Å². The molecule has 4 rings (SSSR count). The molecular weight excluding hydrogens is 422 g/mol. The van der Waals surface area contributed by atoms with E-state index < -0.39 is 6.10 Å². The van der Waals surface area contributed by atoms with Crippen molar-refractivity contribution >= 4 is 29.2 Å². The monoisotopic (exact) mass is 449 g/mol. The van der Waals surface area contributed by atoms with E-state index in [4.69, 9.17) is 4.74 Å². The van der Waals surface area contributed by atoms with Gasteiger partial charge < -0.3 is 19.4 Å². The highest BCUT2D eigenvalue weighted by molar-refractivity contribution is 6.03. The third kappa shape index (κ3) is 4.46. The first-order valence-corrected chi connectivity index (χ1v) is 11.0. The molecule has 1 fully saturated rings. The Morgan fingerprint density at radius 3 is 2.48 bits per heavy atom. The Morgan fingerprint density at radius 2 is 1.82 bits per heavy atom. The molecule has 0 saturated carbocycles. The van der Waals surface area contributed by atoms with Crippen LogP contribution in [-0.2, 0) is 16.1 Å². The first kappa shape index (κ1) is 22.5. The molecule has 2 aliphatic heterocycles. The van der Waals surface area contributed by atoms with Crippen LogP contribution in [-0.4, -0.2) is 66.6 Å². The Hall–Kier alpha value is -3.68. The molecular formula is C25H27N3O5. The average Bonchev–Trinajstić information content (AvgIpc) is 3.32. The van der Waals surface area contributed by atoms with Crippen LogP contribution in [0.15, 0.2) is 42.5 Å². The zero-order chi connectivity index (χ0) is 23.7. The van der Waals surface area contributed by atoms with Gasteiger partial charge in [0.15, 0.2) is 11.9 Å². The maximum atomic E-state index is 13.0. The van der Waals surface area contributed by atoms with E-state index in [0.29, 0.717) is 48.5 Å². The van der Waals surface area contributed by atoms with Crippen molar-refractivity contribution in [3.8, 4) is 5.75 Å². The Balaban J connectivity index is 1.44. The lowest BCUT2D eigenvalue weighted by Crippen LogP contribution is -2.36. The van der Waals surface area contributed by atoms with Crippen molar-refractivity contribution in [2.75, 3.05) is 32.1 Å². The summed E-state index contributed by atoms with van der Waals surface area (Å²) in [6.07, 6.45) is 0.322. The molecule has 33 heavy (non-hydrogen) atoms. The molecule has 172 valence electrons. The molecule has 8 heteroatoms. The van der Waals surface area contributed by atoms with Crippen molar-refractivity contribution in [1.82, 2.24) is 9.80 Å². The van der Waals surface area contributed by atoms with Crippen molar-refractivity contribution in [2.45, 2.75) is 32.4 Å². The van der Waals surface area contributed by atoms with Crippen LogP contribution in [0.5, 0.6) is 5.75 Å². The molecule has 3 amide bonds. The van der Waals surface area contributed by atoms with E-state index in [-0.39, 0.29) is 30.0 Å². The summed E-state index contributed by atoms with van der Waals surface area (Å²) < 4.78 is 5.88. The number of ketones is 1. The van der Waals surface area contributed by atoms with Gasteiger partial charge in [0.2, 0.25) is 5.91 Å². The zero-order valence-electron chi connectivity index (χ0n) is 19.0. The van der Waals surface area contributed by atoms with Gasteiger partial charge in [-0.1, -0.05) is 13.0 Å². The number of hydrogen-bond donors (Lipinski definition) is 0. The van der Waals surface area contributed by atoms with Crippen molar-refractivity contribution in [1.29, 1.82) is 0 Å². The molecule has 0 radical (unpaired) electrons. The number of likely N-dealkylation sites (N-methyl/N-ethyl adjacent to an activating group) is 1. The quantitative estimate of drug-likeness (QED) is 0.606. The van der Waals surface area contributed by atoms with Gasteiger partial charge in [-0.15, -0.1) is 0 Å². The number of benzene rings is 2. The van der Waals surface area contributed by atoms with E-state index in [1.165, 1.54) is 9.80 Å². The number of amides is 3. The summed E-state index contributed by atoms with van der Waals surface area (Å²) in [6, 6.07) is 12.2. The minimum atomic E-state index is -0.629. The maximum absolute atomic E-state index is 13.0. The van der Waals surface area contributed by atoms with Gasteiger partial charge in [0.1, 0.15) is 12.3 Å². The normalized spacial score (nSPS) is 17.4. The topological polar surface area (TPSA) is 87.2 Å². The van der Waals surface area contributed by atoms with E-state index >= 15 is 0 Å². The number of carbonyl (C=O) groups excluding carboxylic acids is 4. The van der Waals surface area contributed by atoms with Gasteiger partial charge in [0, 0.05) is 56.8 Å². The number of anilines is 1. The highest BCUT2D eigenvalue weighted by atomic mass is 16.5. The van der Waals surface area contributed by atoms with E-state index in [0.717, 1.165) is 5.56 Å². The minimum Gasteiger partial charge on any atom is -0.481 e. The standard InChI is InChI=1S/C25H27N3O5/c1-4-21(29)16-6-9-19(10-7-16)33-22-11-12-28(25(22)32)18-8-5-17-14-27(15-23(30)26(2)3)24(31)20(17)13-18/h5-10,13,22H,4,11-12,14-15H2,1-3H3. The van der Waals surface area contributed by atoms with Crippen molar-refractivity contribution in [3.05, 3.63) is 59.2 Å². The van der Waals surface area contributed by atoms with Crippen LogP contribution in [0.3, 0.4) is 0 Å². The molecule has 2 aliphatic rings. The minimum absolute atomic E-state index is 0.0248. The second-order valence-electron chi connectivity index (χ2n) is 8.48. The number of Topliss-reactive ketones (excluding diaryl/α,β-unsaturated/α-hetero) is 1. The second-order valence-corrected chi connectivity index (χ2v) is 8.48. The van der Waals surface area contributed by atoms with Crippen LogP contribution in [0.2, 0.25) is 0 Å². The Kier molecular flexibility index (Phi) is 6.18. The van der Waals surface area contributed by atoms with Crippen LogP contribution in [0, 0.1) is 0 Å². The van der Waals surface area contributed by atoms with E-state index in [2.05, 4.69) is 0 Å². The largest absolute Gasteiger partial charge is 0.481 e. The highest BCUT2D eigenvalue weighted by Gasteiger charge is 2.36. The molecule has 2 aromatic carbocycles. The summed E-state index contributed by atoms with van der Waals surface area (Å²) in [5, 5.41) is 0. The highest BCUT2D eigenvalue weighted by Crippen LogP contribution is 2.30. The fourth-order valence-corrected chi connectivity index (χ4v) is 4.06. The molecule has 0 aromatic heterocycles. The molecule has 0 spiro atoms. The van der Waals surface area contributed by atoms with E-state index in [1.54, 1.807) is 49.3 Å². The Morgan fingerprint density at radius 1 is 1.09 bits per heavy atom. The van der Waals surface area contributed by atoms with Gasteiger partial charge in [-0.05, 0) is 42.0 Å². The summed E-state index contributed by atoms with van der Waals surface area (Å²) in [6.45, 7) is 2.69. The third-order valence-electron chi connectivity index (χ3n) is 6.04.